The van der Waals surface area contributed by atoms with Crippen LogP contribution in [0.4, 0.5) is 17.1 Å². The third kappa shape index (κ3) is 5.69. The van der Waals surface area contributed by atoms with Gasteiger partial charge in [0.1, 0.15) is 0 Å². The Morgan fingerprint density at radius 3 is 1.79 bits per heavy atom. The van der Waals surface area contributed by atoms with E-state index in [2.05, 4.69) is 262 Å². The molecule has 68 heavy (non-hydrogen) atoms. The molecule has 0 saturated carbocycles. The Kier molecular flexibility index (Phi) is 9.03. The fourth-order valence-electron chi connectivity index (χ4n) is 12.6. The van der Waals surface area contributed by atoms with Gasteiger partial charge in [-0.3, -0.25) is 0 Å². The summed E-state index contributed by atoms with van der Waals surface area (Å²) < 4.78 is 2.46. The summed E-state index contributed by atoms with van der Waals surface area (Å²) in [4.78, 5) is 2.45. The van der Waals surface area contributed by atoms with Gasteiger partial charge in [-0.2, -0.15) is 0 Å². The number of hydrogen-bond acceptors (Lipinski definition) is 1. The number of nitrogens with zero attached hydrogens (tertiary/aromatic N) is 2. The van der Waals surface area contributed by atoms with Crippen molar-refractivity contribution >= 4 is 63.6 Å². The lowest BCUT2D eigenvalue weighted by molar-refractivity contribution is 0.660. The molecule has 0 saturated heterocycles. The molecule has 0 radical (unpaired) electrons. The van der Waals surface area contributed by atoms with Gasteiger partial charge >= 0.3 is 0 Å². The minimum atomic E-state index is -1.30. The Morgan fingerprint density at radius 1 is 0.412 bits per heavy atom. The molecule has 0 amide bonds. The van der Waals surface area contributed by atoms with Crippen molar-refractivity contribution < 1.29 is 0 Å². The molecule has 0 aliphatic heterocycles. The van der Waals surface area contributed by atoms with Gasteiger partial charge in [-0.1, -0.05) is 190 Å². The average molecular weight is 889 g/mol. The molecule has 13 rings (SSSR count). The zero-order chi connectivity index (χ0) is 45.9. The van der Waals surface area contributed by atoms with Crippen LogP contribution < -0.4 is 10.1 Å². The van der Waals surface area contributed by atoms with Gasteiger partial charge in [0, 0.05) is 38.9 Å². The van der Waals surface area contributed by atoms with Crippen molar-refractivity contribution in [2.24, 2.45) is 0 Å². The Morgan fingerprint density at radius 2 is 1.00 bits per heavy atom. The molecule has 3 heteroatoms. The maximum Gasteiger partial charge on any atom is 0.0715 e. The monoisotopic (exact) mass is 888 g/mol. The van der Waals surface area contributed by atoms with E-state index in [1.54, 1.807) is 0 Å². The lowest BCUT2D eigenvalue weighted by Crippen LogP contribution is -2.42. The molecule has 10 aromatic carbocycles. The summed E-state index contributed by atoms with van der Waals surface area (Å²) in [5.74, 6) is 0. The number of aromatic nitrogens is 1. The van der Waals surface area contributed by atoms with E-state index in [1.807, 2.05) is 0 Å². The van der Waals surface area contributed by atoms with Crippen molar-refractivity contribution in [3.05, 3.63) is 257 Å². The molecule has 1 unspecified atom stereocenters. The summed E-state index contributed by atoms with van der Waals surface area (Å²) in [5.41, 5.74) is 21.1. The van der Waals surface area contributed by atoms with Gasteiger partial charge in [-0.05, 0) is 140 Å². The fourth-order valence-corrected chi connectivity index (χ4v) is 14.0. The number of aryl methyl sites for hydroxylation is 1. The van der Waals surface area contributed by atoms with Crippen molar-refractivity contribution in [1.82, 2.24) is 4.57 Å². The SMILES string of the molecule is Cc1cc(N(c2ccccc2)c2ccc3c(c2)c2ccccc2n3-c2ccc3c(c2)-c2ccccc2C3(C)C)ccc1C1(c2ccccc2[SiH](C)C)c2ccccc2-c2cccc3cccc1c23. The van der Waals surface area contributed by atoms with Crippen LogP contribution in [0.25, 0.3) is 60.5 Å². The number of benzene rings is 10. The zero-order valence-corrected chi connectivity index (χ0v) is 40.4. The van der Waals surface area contributed by atoms with Crippen molar-refractivity contribution in [2.75, 3.05) is 4.90 Å². The van der Waals surface area contributed by atoms with E-state index >= 15 is 0 Å². The molecule has 326 valence electrons. The van der Waals surface area contributed by atoms with E-state index in [4.69, 9.17) is 0 Å². The molecule has 1 aromatic heterocycles. The van der Waals surface area contributed by atoms with E-state index < -0.39 is 14.2 Å². The van der Waals surface area contributed by atoms with Crippen molar-refractivity contribution in [3.8, 4) is 27.9 Å². The molecule has 1 heterocycles. The number of hydrogen-bond donors (Lipinski definition) is 0. The van der Waals surface area contributed by atoms with Crippen LogP contribution in [-0.2, 0) is 10.8 Å². The van der Waals surface area contributed by atoms with Gasteiger partial charge in [0.25, 0.3) is 0 Å². The summed E-state index contributed by atoms with van der Waals surface area (Å²) in [6, 6.07) is 82.6. The van der Waals surface area contributed by atoms with Gasteiger partial charge < -0.3 is 9.47 Å². The average Bonchev–Trinajstić information content (AvgIpc) is 3.82. The van der Waals surface area contributed by atoms with Gasteiger partial charge in [-0.15, -0.1) is 0 Å². The first-order valence-corrected chi connectivity index (χ1v) is 27.1. The highest BCUT2D eigenvalue weighted by Crippen LogP contribution is 2.56. The maximum absolute atomic E-state index is 2.48. The first-order valence-electron chi connectivity index (χ1n) is 24.2. The van der Waals surface area contributed by atoms with E-state index in [1.165, 1.54) is 105 Å². The fraction of sp³-hybridized carbons (Fsp3) is 0.108. The third-order valence-corrected chi connectivity index (χ3v) is 17.3. The molecular formula is C65H52N2Si. The summed E-state index contributed by atoms with van der Waals surface area (Å²) in [6.07, 6.45) is 0. The third-order valence-electron chi connectivity index (χ3n) is 15.5. The van der Waals surface area contributed by atoms with E-state index in [9.17, 15) is 0 Å². The molecule has 0 N–H and O–H groups in total. The summed E-state index contributed by atoms with van der Waals surface area (Å²) in [6.45, 7) is 12.0. The number of rotatable bonds is 7. The number of para-hydroxylation sites is 2. The molecule has 0 fully saturated rings. The predicted octanol–water partition coefficient (Wildman–Crippen LogP) is 16.1. The molecule has 0 spiro atoms. The Balaban J connectivity index is 1.02. The normalized spacial score (nSPS) is 15.4. The van der Waals surface area contributed by atoms with Crippen molar-refractivity contribution in [2.45, 2.75) is 44.7 Å². The van der Waals surface area contributed by atoms with Crippen molar-refractivity contribution in [3.63, 3.8) is 0 Å². The van der Waals surface area contributed by atoms with Crippen LogP contribution in [0.1, 0.15) is 52.8 Å². The zero-order valence-electron chi connectivity index (χ0n) is 39.3. The number of anilines is 3. The summed E-state index contributed by atoms with van der Waals surface area (Å²) in [7, 11) is -1.30. The molecule has 2 aliphatic rings. The van der Waals surface area contributed by atoms with Crippen LogP contribution in [0, 0.1) is 6.92 Å². The molecule has 11 aromatic rings. The lowest BCUT2D eigenvalue weighted by Gasteiger charge is -2.44. The lowest BCUT2D eigenvalue weighted by atomic mass is 9.59. The predicted molar refractivity (Wildman–Crippen MR) is 291 cm³/mol. The quantitative estimate of drug-likeness (QED) is 0.145. The summed E-state index contributed by atoms with van der Waals surface area (Å²) in [5, 5.41) is 6.61. The highest BCUT2D eigenvalue weighted by atomic mass is 28.3. The minimum Gasteiger partial charge on any atom is -0.310 e. The maximum atomic E-state index is 2.48. The minimum absolute atomic E-state index is 0.0430. The standard InChI is InChI=1S/C65H52N2Si/c1-42-39-45(33-36-54(42)65(58-29-14-16-32-62(58)68(4)5)57-28-13-10-23-48(57)51-26-17-19-43-20-18-30-59(65)63(43)51)66(44-21-7-6-8-22-44)46-35-38-61-53(41-46)50-25-11-15-31-60(50)67(61)47-34-37-56-52(40-47)49-24-9-12-27-55(49)64(56,2)3/h6-41,68H,1-5H3. The molecule has 2 aliphatic carbocycles. The first-order chi connectivity index (χ1) is 33.2. The van der Waals surface area contributed by atoms with Crippen LogP contribution >= 0.6 is 0 Å². The van der Waals surface area contributed by atoms with Gasteiger partial charge in [0.15, 0.2) is 0 Å². The Labute approximate surface area is 401 Å². The topological polar surface area (TPSA) is 8.17 Å². The molecule has 1 atom stereocenters. The Hall–Kier alpha value is -7.72. The first kappa shape index (κ1) is 40.5. The number of fused-ring (bicyclic) bond motifs is 8. The largest absolute Gasteiger partial charge is 0.310 e. The highest BCUT2D eigenvalue weighted by Gasteiger charge is 2.46. The second-order valence-corrected chi connectivity index (χ2v) is 22.8. The van der Waals surface area contributed by atoms with Gasteiger partial charge in [0.05, 0.1) is 25.2 Å². The molecule has 2 nitrogen and oxygen atoms in total. The second-order valence-electron chi connectivity index (χ2n) is 19.9. The Bertz CT molecular complexity index is 3830. The van der Waals surface area contributed by atoms with Gasteiger partial charge in [-0.25, -0.2) is 0 Å². The van der Waals surface area contributed by atoms with Crippen LogP contribution in [0.3, 0.4) is 0 Å². The van der Waals surface area contributed by atoms with E-state index in [-0.39, 0.29) is 5.41 Å². The van der Waals surface area contributed by atoms with Crippen LogP contribution in [0.5, 0.6) is 0 Å². The molecular weight excluding hydrogens is 837 g/mol. The highest BCUT2D eigenvalue weighted by molar-refractivity contribution is 6.71. The van der Waals surface area contributed by atoms with Crippen LogP contribution in [-0.4, -0.2) is 13.4 Å². The smallest absolute Gasteiger partial charge is 0.0715 e. The van der Waals surface area contributed by atoms with E-state index in [0.29, 0.717) is 0 Å². The van der Waals surface area contributed by atoms with Crippen LogP contribution in [0.15, 0.2) is 218 Å². The van der Waals surface area contributed by atoms with E-state index in [0.717, 1.165) is 17.1 Å². The second kappa shape index (κ2) is 15.1. The van der Waals surface area contributed by atoms with Gasteiger partial charge in [0.2, 0.25) is 0 Å². The summed E-state index contributed by atoms with van der Waals surface area (Å²) >= 11 is 0. The van der Waals surface area contributed by atoms with Crippen molar-refractivity contribution in [1.29, 1.82) is 0 Å². The molecule has 0 bridgehead atoms. The van der Waals surface area contributed by atoms with Crippen LogP contribution in [0.2, 0.25) is 13.1 Å².